The molecule has 1 aromatic heterocycles. The highest BCUT2D eigenvalue weighted by atomic mass is 16.6. The van der Waals surface area contributed by atoms with E-state index in [0.717, 1.165) is 35.4 Å². The SMILES string of the molecule is O=C([C@@H]1CC(=O)N(c2ccc3c(c2)OCCO3)C1)N1CCC(c2nc3ccccc3[nH]2)CC1. The molecule has 3 aromatic rings. The molecule has 2 amide bonds. The van der Waals surface area contributed by atoms with E-state index in [2.05, 4.69) is 4.98 Å². The van der Waals surface area contributed by atoms with Gasteiger partial charge >= 0.3 is 0 Å². The second kappa shape index (κ2) is 8.10. The molecule has 6 rings (SSSR count). The van der Waals surface area contributed by atoms with Crippen LogP contribution in [0, 0.1) is 5.92 Å². The van der Waals surface area contributed by atoms with Crippen LogP contribution < -0.4 is 14.4 Å². The summed E-state index contributed by atoms with van der Waals surface area (Å²) in [6.45, 7) is 2.80. The van der Waals surface area contributed by atoms with E-state index < -0.39 is 0 Å². The zero-order valence-corrected chi connectivity index (χ0v) is 18.3. The fraction of sp³-hybridized carbons (Fsp3) is 0.400. The summed E-state index contributed by atoms with van der Waals surface area (Å²) >= 11 is 0. The van der Waals surface area contributed by atoms with Crippen molar-refractivity contribution in [2.24, 2.45) is 5.92 Å². The molecule has 0 saturated carbocycles. The van der Waals surface area contributed by atoms with Gasteiger partial charge in [0.1, 0.15) is 19.0 Å². The summed E-state index contributed by atoms with van der Waals surface area (Å²) in [4.78, 5) is 37.7. The Morgan fingerprint density at radius 1 is 1.03 bits per heavy atom. The van der Waals surface area contributed by atoms with Gasteiger partial charge < -0.3 is 24.3 Å². The van der Waals surface area contributed by atoms with Crippen LogP contribution in [0.25, 0.3) is 11.0 Å². The Bertz CT molecular complexity index is 1180. The summed E-state index contributed by atoms with van der Waals surface area (Å²) in [7, 11) is 0. The van der Waals surface area contributed by atoms with Crippen molar-refractivity contribution in [3.63, 3.8) is 0 Å². The average molecular weight is 447 g/mol. The van der Waals surface area contributed by atoms with E-state index in [1.807, 2.05) is 47.4 Å². The molecule has 2 saturated heterocycles. The maximum atomic E-state index is 13.2. The van der Waals surface area contributed by atoms with Gasteiger partial charge in [-0.05, 0) is 37.1 Å². The molecule has 0 spiro atoms. The number of nitrogens with zero attached hydrogens (tertiary/aromatic N) is 3. The Hall–Kier alpha value is -3.55. The first-order valence-electron chi connectivity index (χ1n) is 11.6. The van der Waals surface area contributed by atoms with Gasteiger partial charge in [0.05, 0.1) is 17.0 Å². The monoisotopic (exact) mass is 446 g/mol. The third-order valence-corrected chi connectivity index (χ3v) is 6.91. The molecule has 0 radical (unpaired) electrons. The number of carbonyl (C=O) groups is 2. The fourth-order valence-electron chi connectivity index (χ4n) is 5.12. The fourth-order valence-corrected chi connectivity index (χ4v) is 5.12. The predicted molar refractivity (Wildman–Crippen MR) is 123 cm³/mol. The third kappa shape index (κ3) is 3.69. The van der Waals surface area contributed by atoms with E-state index in [9.17, 15) is 9.59 Å². The predicted octanol–water partition coefficient (Wildman–Crippen LogP) is 3.09. The van der Waals surface area contributed by atoms with Gasteiger partial charge in [-0.1, -0.05) is 12.1 Å². The number of aromatic amines is 1. The second-order valence-electron chi connectivity index (χ2n) is 8.97. The van der Waals surface area contributed by atoms with Crippen LogP contribution >= 0.6 is 0 Å². The standard InChI is InChI=1S/C25H26N4O4/c30-23-13-17(15-29(23)18-5-6-21-22(14-18)33-12-11-32-21)25(31)28-9-7-16(8-10-28)24-26-19-3-1-2-4-20(19)27-24/h1-6,14,16-17H,7-13,15H2,(H,26,27)/t17-/m1/s1. The van der Waals surface area contributed by atoms with Gasteiger partial charge in [-0.3, -0.25) is 9.59 Å². The number of rotatable bonds is 3. The van der Waals surface area contributed by atoms with Crippen LogP contribution in [0.4, 0.5) is 5.69 Å². The van der Waals surface area contributed by atoms with E-state index >= 15 is 0 Å². The summed E-state index contributed by atoms with van der Waals surface area (Å²) in [5, 5.41) is 0. The van der Waals surface area contributed by atoms with Crippen molar-refractivity contribution in [2.45, 2.75) is 25.2 Å². The number of anilines is 1. The Balaban J connectivity index is 1.10. The zero-order valence-electron chi connectivity index (χ0n) is 18.3. The normalized spacial score (nSPS) is 21.1. The molecule has 3 aliphatic rings. The molecule has 1 N–H and O–H groups in total. The van der Waals surface area contributed by atoms with E-state index in [-0.39, 0.29) is 24.2 Å². The third-order valence-electron chi connectivity index (χ3n) is 6.91. The van der Waals surface area contributed by atoms with E-state index in [1.165, 1.54) is 0 Å². The van der Waals surface area contributed by atoms with Gasteiger partial charge in [-0.2, -0.15) is 0 Å². The molecule has 0 unspecified atom stereocenters. The van der Waals surface area contributed by atoms with Crippen molar-refractivity contribution in [1.29, 1.82) is 0 Å². The van der Waals surface area contributed by atoms with Crippen LogP contribution in [0.2, 0.25) is 0 Å². The number of aromatic nitrogens is 2. The van der Waals surface area contributed by atoms with Crippen molar-refractivity contribution < 1.29 is 19.1 Å². The summed E-state index contributed by atoms with van der Waals surface area (Å²) in [5.41, 5.74) is 2.78. The van der Waals surface area contributed by atoms with Crippen LogP contribution in [0.1, 0.15) is 31.0 Å². The van der Waals surface area contributed by atoms with E-state index in [4.69, 9.17) is 14.5 Å². The Morgan fingerprint density at radius 3 is 2.64 bits per heavy atom. The molecule has 0 aliphatic carbocycles. The van der Waals surface area contributed by atoms with Gasteiger partial charge in [0.25, 0.3) is 0 Å². The molecule has 8 heteroatoms. The Kier molecular flexibility index (Phi) is 4.93. The smallest absolute Gasteiger partial charge is 0.228 e. The lowest BCUT2D eigenvalue weighted by atomic mass is 9.95. The Labute approximate surface area is 191 Å². The molecule has 33 heavy (non-hydrogen) atoms. The lowest BCUT2D eigenvalue weighted by Gasteiger charge is -2.32. The number of carbonyl (C=O) groups excluding carboxylic acids is 2. The van der Waals surface area contributed by atoms with Gasteiger partial charge in [0, 0.05) is 43.7 Å². The maximum Gasteiger partial charge on any atom is 0.228 e. The number of ether oxygens (including phenoxy) is 2. The van der Waals surface area contributed by atoms with E-state index in [0.29, 0.717) is 50.3 Å². The number of para-hydroxylation sites is 2. The summed E-state index contributed by atoms with van der Waals surface area (Å²) in [5.74, 6) is 2.40. The molecule has 3 aliphatic heterocycles. The van der Waals surface area contributed by atoms with Crippen molar-refractivity contribution in [3.8, 4) is 11.5 Å². The lowest BCUT2D eigenvalue weighted by Crippen LogP contribution is -2.42. The van der Waals surface area contributed by atoms with Crippen molar-refractivity contribution in [3.05, 3.63) is 48.3 Å². The number of hydrogen-bond donors (Lipinski definition) is 1. The zero-order chi connectivity index (χ0) is 22.4. The number of fused-ring (bicyclic) bond motifs is 2. The largest absolute Gasteiger partial charge is 0.486 e. The summed E-state index contributed by atoms with van der Waals surface area (Å²) < 4.78 is 11.2. The molecule has 2 fully saturated rings. The number of hydrogen-bond acceptors (Lipinski definition) is 5. The van der Waals surface area contributed by atoms with Crippen LogP contribution in [0.3, 0.4) is 0 Å². The highest BCUT2D eigenvalue weighted by Crippen LogP contribution is 2.36. The molecule has 2 aromatic carbocycles. The molecule has 4 heterocycles. The number of nitrogens with one attached hydrogen (secondary N) is 1. The van der Waals surface area contributed by atoms with Crippen LogP contribution in [0.5, 0.6) is 11.5 Å². The minimum Gasteiger partial charge on any atom is -0.486 e. The number of amides is 2. The van der Waals surface area contributed by atoms with Crippen molar-refractivity contribution in [2.75, 3.05) is 37.7 Å². The van der Waals surface area contributed by atoms with Gasteiger partial charge in [0.2, 0.25) is 11.8 Å². The van der Waals surface area contributed by atoms with Gasteiger partial charge in [0.15, 0.2) is 11.5 Å². The van der Waals surface area contributed by atoms with Crippen molar-refractivity contribution in [1.82, 2.24) is 14.9 Å². The van der Waals surface area contributed by atoms with Crippen LogP contribution in [0.15, 0.2) is 42.5 Å². The minimum absolute atomic E-state index is 0.0258. The minimum atomic E-state index is -0.312. The second-order valence-corrected chi connectivity index (χ2v) is 8.97. The van der Waals surface area contributed by atoms with Gasteiger partial charge in [-0.15, -0.1) is 0 Å². The molecule has 170 valence electrons. The van der Waals surface area contributed by atoms with E-state index in [1.54, 1.807) is 4.90 Å². The first-order chi connectivity index (χ1) is 16.2. The average Bonchev–Trinajstić information content (AvgIpc) is 3.47. The van der Waals surface area contributed by atoms with Crippen LogP contribution in [-0.4, -0.2) is 59.5 Å². The van der Waals surface area contributed by atoms with Gasteiger partial charge in [-0.25, -0.2) is 4.98 Å². The topological polar surface area (TPSA) is 87.8 Å². The number of likely N-dealkylation sites (tertiary alicyclic amines) is 1. The number of H-pyrrole nitrogens is 1. The molecular weight excluding hydrogens is 420 g/mol. The quantitative estimate of drug-likeness (QED) is 0.668. The number of piperidine rings is 1. The summed E-state index contributed by atoms with van der Waals surface area (Å²) in [6, 6.07) is 13.6. The molecular formula is C25H26N4O4. The van der Waals surface area contributed by atoms with Crippen LogP contribution in [-0.2, 0) is 9.59 Å². The molecule has 8 nitrogen and oxygen atoms in total. The first kappa shape index (κ1) is 20.1. The summed E-state index contributed by atoms with van der Waals surface area (Å²) in [6.07, 6.45) is 1.99. The first-order valence-corrected chi connectivity index (χ1v) is 11.6. The maximum absolute atomic E-state index is 13.2. The highest BCUT2D eigenvalue weighted by Gasteiger charge is 2.38. The number of benzene rings is 2. The Morgan fingerprint density at radius 2 is 1.82 bits per heavy atom. The lowest BCUT2D eigenvalue weighted by molar-refractivity contribution is -0.136. The van der Waals surface area contributed by atoms with Crippen molar-refractivity contribution >= 4 is 28.5 Å². The number of imidazole rings is 1. The highest BCUT2D eigenvalue weighted by molar-refractivity contribution is 6.00. The molecule has 0 bridgehead atoms. The molecule has 1 atom stereocenters.